The van der Waals surface area contributed by atoms with Crippen molar-refractivity contribution in [2.24, 2.45) is 0 Å². The van der Waals surface area contributed by atoms with Crippen molar-refractivity contribution in [3.63, 3.8) is 0 Å². The van der Waals surface area contributed by atoms with E-state index in [1.165, 1.54) is 0 Å². The van der Waals surface area contributed by atoms with Gasteiger partial charge in [-0.3, -0.25) is 4.79 Å². The fraction of sp³-hybridized carbons (Fsp3) is 0.947. The van der Waals surface area contributed by atoms with Crippen LogP contribution in [0.3, 0.4) is 0 Å². The first-order chi connectivity index (χ1) is 11.4. The summed E-state index contributed by atoms with van der Waals surface area (Å²) in [4.78, 5) is 13.4. The van der Waals surface area contributed by atoms with Crippen molar-refractivity contribution in [3.8, 4) is 0 Å². The Kier molecular flexibility index (Phi) is 9.60. The molecule has 0 aliphatic carbocycles. The molecule has 149 valence electrons. The Morgan fingerprint density at radius 3 is 1.60 bits per heavy atom. The van der Waals surface area contributed by atoms with Crippen LogP contribution < -0.4 is 0 Å². The van der Waals surface area contributed by atoms with Crippen molar-refractivity contribution >= 4 is 23.6 Å². The second-order valence-electron chi connectivity index (χ2n) is 8.43. The lowest BCUT2D eigenvalue weighted by atomic mass is 10.1. The highest BCUT2D eigenvalue weighted by molar-refractivity contribution is 6.81. The number of hydrogen-bond donors (Lipinski definition) is 0. The van der Waals surface area contributed by atoms with Crippen LogP contribution in [0, 0.1) is 0 Å². The minimum Gasteiger partial charge on any atom is -0.518 e. The second kappa shape index (κ2) is 9.67. The summed E-state index contributed by atoms with van der Waals surface area (Å²) in [5.41, 5.74) is 0.793. The molecule has 3 unspecified atom stereocenters. The Labute approximate surface area is 159 Å². The second-order valence-corrected chi connectivity index (χ2v) is 16.2. The molecule has 0 bridgehead atoms. The molecule has 0 saturated carbocycles. The summed E-state index contributed by atoms with van der Waals surface area (Å²) in [5.74, 6) is -0.130. The molecular formula is C19H41O4Si2. The molecule has 3 atom stereocenters. The molecule has 0 spiro atoms. The van der Waals surface area contributed by atoms with Gasteiger partial charge in [0.25, 0.3) is 14.3 Å². The standard InChI is InChI=1S/C19H41O4Si2/c1-12-15(4)25(16(5)13-2,18(6,7)8)23-17(20)19(9,14-3)24(21-10)22-11/h15-16H,12-14H2,1-11H3. The quantitative estimate of drug-likeness (QED) is 0.441. The maximum Gasteiger partial charge on any atom is 0.402 e. The molecule has 0 amide bonds. The zero-order chi connectivity index (χ0) is 20.1. The van der Waals surface area contributed by atoms with Crippen LogP contribution in [0.15, 0.2) is 0 Å². The molecule has 6 heteroatoms. The molecule has 0 aliphatic rings. The van der Waals surface area contributed by atoms with E-state index >= 15 is 0 Å². The summed E-state index contributed by atoms with van der Waals surface area (Å²) in [6.07, 6.45) is 2.70. The molecule has 0 N–H and O–H groups in total. The molecule has 0 aromatic heterocycles. The van der Waals surface area contributed by atoms with E-state index in [2.05, 4.69) is 48.5 Å². The maximum atomic E-state index is 13.4. The lowest BCUT2D eigenvalue weighted by molar-refractivity contribution is -0.140. The van der Waals surface area contributed by atoms with Crippen LogP contribution in [0.1, 0.15) is 81.6 Å². The van der Waals surface area contributed by atoms with Crippen molar-refractivity contribution in [2.45, 2.75) is 103 Å². The summed E-state index contributed by atoms with van der Waals surface area (Å²) in [6.45, 7) is 19.6. The topological polar surface area (TPSA) is 44.8 Å². The van der Waals surface area contributed by atoms with E-state index in [-0.39, 0.29) is 11.0 Å². The third kappa shape index (κ3) is 4.76. The van der Waals surface area contributed by atoms with Crippen LogP contribution in [0.4, 0.5) is 0 Å². The van der Waals surface area contributed by atoms with Crippen LogP contribution in [-0.4, -0.2) is 37.8 Å². The third-order valence-electron chi connectivity index (χ3n) is 6.10. The van der Waals surface area contributed by atoms with Gasteiger partial charge in [-0.1, -0.05) is 68.2 Å². The third-order valence-corrected chi connectivity index (χ3v) is 14.9. The SMILES string of the molecule is CCC(C)[Si](OC(=O)C(C)(CC)[Si](OC)OC)(C(C)CC)C(C)(C)C. The van der Waals surface area contributed by atoms with Gasteiger partial charge < -0.3 is 13.3 Å². The van der Waals surface area contributed by atoms with Gasteiger partial charge in [-0.25, -0.2) is 0 Å². The van der Waals surface area contributed by atoms with Crippen molar-refractivity contribution in [1.82, 2.24) is 0 Å². The lowest BCUT2D eigenvalue weighted by Crippen LogP contribution is -2.57. The molecule has 0 rings (SSSR count). The Morgan fingerprint density at radius 1 is 0.960 bits per heavy atom. The summed E-state index contributed by atoms with van der Waals surface area (Å²) in [7, 11) is -0.908. The van der Waals surface area contributed by atoms with Gasteiger partial charge in [0.1, 0.15) is 5.04 Å². The van der Waals surface area contributed by atoms with E-state index in [0.717, 1.165) is 12.8 Å². The maximum absolute atomic E-state index is 13.4. The molecule has 0 aliphatic heterocycles. The summed E-state index contributed by atoms with van der Waals surface area (Å²) < 4.78 is 17.7. The summed E-state index contributed by atoms with van der Waals surface area (Å²) >= 11 is 0. The van der Waals surface area contributed by atoms with Gasteiger partial charge in [-0.2, -0.15) is 0 Å². The lowest BCUT2D eigenvalue weighted by Gasteiger charge is -2.50. The van der Waals surface area contributed by atoms with E-state index in [1.54, 1.807) is 14.2 Å². The first kappa shape index (κ1) is 24.8. The molecule has 0 aromatic rings. The highest BCUT2D eigenvalue weighted by atomic mass is 28.4. The Hall–Kier alpha value is -0.176. The predicted octanol–water partition coefficient (Wildman–Crippen LogP) is 5.83. The van der Waals surface area contributed by atoms with Gasteiger partial charge in [-0.15, -0.1) is 0 Å². The average molecular weight is 390 g/mol. The Morgan fingerprint density at radius 2 is 1.36 bits per heavy atom. The fourth-order valence-electron chi connectivity index (χ4n) is 4.10. The normalized spacial score (nSPS) is 19.8. The first-order valence-electron chi connectivity index (χ1n) is 9.61. The molecule has 1 radical (unpaired) electrons. The van der Waals surface area contributed by atoms with Crippen LogP contribution in [0.2, 0.25) is 21.2 Å². The molecule has 25 heavy (non-hydrogen) atoms. The Bertz CT molecular complexity index is 408. The van der Waals surface area contributed by atoms with Gasteiger partial charge >= 0.3 is 9.28 Å². The average Bonchev–Trinajstić information content (AvgIpc) is 2.57. The first-order valence-corrected chi connectivity index (χ1v) is 13.0. The summed E-state index contributed by atoms with van der Waals surface area (Å²) in [5, 5.41) is -0.742. The van der Waals surface area contributed by atoms with E-state index in [0.29, 0.717) is 17.5 Å². The molecule has 0 heterocycles. The zero-order valence-electron chi connectivity index (χ0n) is 18.4. The van der Waals surface area contributed by atoms with Crippen molar-refractivity contribution in [2.75, 3.05) is 14.2 Å². The van der Waals surface area contributed by atoms with E-state index in [1.807, 2.05) is 13.8 Å². The van der Waals surface area contributed by atoms with Crippen molar-refractivity contribution in [1.29, 1.82) is 0 Å². The molecule has 0 aromatic carbocycles. The predicted molar refractivity (Wildman–Crippen MR) is 109 cm³/mol. The van der Waals surface area contributed by atoms with Gasteiger partial charge in [-0.05, 0) is 29.5 Å². The number of rotatable bonds is 10. The zero-order valence-corrected chi connectivity index (χ0v) is 20.4. The number of carbonyl (C=O) groups is 1. The van der Waals surface area contributed by atoms with Crippen LogP contribution in [0.25, 0.3) is 0 Å². The van der Waals surface area contributed by atoms with E-state index in [9.17, 15) is 4.79 Å². The fourth-order valence-corrected chi connectivity index (χ4v) is 12.2. The van der Waals surface area contributed by atoms with Gasteiger partial charge in [0.05, 0.1) is 0 Å². The van der Waals surface area contributed by atoms with Crippen LogP contribution in [-0.2, 0) is 18.1 Å². The molecular weight excluding hydrogens is 348 g/mol. The number of hydrogen-bond acceptors (Lipinski definition) is 4. The van der Waals surface area contributed by atoms with Gasteiger partial charge in [0.2, 0.25) is 0 Å². The van der Waals surface area contributed by atoms with Gasteiger partial charge in [0, 0.05) is 14.2 Å². The highest BCUT2D eigenvalue weighted by Crippen LogP contribution is 2.54. The number of carbonyl (C=O) groups excluding carboxylic acids is 1. The molecule has 0 saturated heterocycles. The minimum absolute atomic E-state index is 0.0325. The molecule has 4 nitrogen and oxygen atoms in total. The van der Waals surface area contributed by atoms with Crippen molar-refractivity contribution in [3.05, 3.63) is 0 Å². The van der Waals surface area contributed by atoms with E-state index in [4.69, 9.17) is 13.3 Å². The highest BCUT2D eigenvalue weighted by Gasteiger charge is 2.59. The van der Waals surface area contributed by atoms with Crippen molar-refractivity contribution < 1.29 is 18.1 Å². The van der Waals surface area contributed by atoms with Crippen LogP contribution >= 0.6 is 0 Å². The van der Waals surface area contributed by atoms with Crippen LogP contribution in [0.5, 0.6) is 0 Å². The monoisotopic (exact) mass is 389 g/mol. The Balaban J connectivity index is 6.14. The minimum atomic E-state index is -2.41. The largest absolute Gasteiger partial charge is 0.518 e. The smallest absolute Gasteiger partial charge is 0.402 e. The molecule has 0 fully saturated rings. The van der Waals surface area contributed by atoms with Gasteiger partial charge in [0.15, 0.2) is 0 Å². The summed E-state index contributed by atoms with van der Waals surface area (Å²) in [6, 6.07) is 0. The van der Waals surface area contributed by atoms with E-state index < -0.39 is 22.6 Å².